The Balaban J connectivity index is -0.000000321. The highest BCUT2D eigenvalue weighted by molar-refractivity contribution is 4.84. The van der Waals surface area contributed by atoms with Gasteiger partial charge < -0.3 is 56.6 Å². The van der Waals surface area contributed by atoms with Crippen LogP contribution in [0.5, 0.6) is 0 Å². The van der Waals surface area contributed by atoms with Crippen molar-refractivity contribution in [2.45, 2.75) is 50.3 Å². The summed E-state index contributed by atoms with van der Waals surface area (Å²) in [6.45, 7) is -0.782. The third kappa shape index (κ3) is 9.76. The summed E-state index contributed by atoms with van der Waals surface area (Å²) in [4.78, 5) is 0. The Kier molecular flexibility index (Phi) is 19.0. The topological polar surface area (TPSA) is 209 Å². The number of aliphatic hydroxyl groups is 8. The van der Waals surface area contributed by atoms with Crippen molar-refractivity contribution in [3.8, 4) is 0 Å². The third-order valence-corrected chi connectivity index (χ3v) is 2.91. The van der Waals surface area contributed by atoms with Crippen molar-refractivity contribution in [3.63, 3.8) is 0 Å². The maximum absolute atomic E-state index is 9.04. The largest absolute Gasteiger partial charge is 0.394 e. The van der Waals surface area contributed by atoms with Gasteiger partial charge in [-0.25, -0.2) is 0 Å². The molecular formula is C13H34N2O9. The number of hydrogen-bond donors (Lipinski definition) is 10. The van der Waals surface area contributed by atoms with E-state index >= 15 is 0 Å². The van der Waals surface area contributed by atoms with E-state index < -0.39 is 56.1 Å². The average molecular weight is 362 g/mol. The van der Waals surface area contributed by atoms with Gasteiger partial charge in [0.05, 0.1) is 19.3 Å². The van der Waals surface area contributed by atoms with Crippen LogP contribution < -0.4 is 11.1 Å². The third-order valence-electron chi connectivity index (χ3n) is 2.91. The lowest BCUT2D eigenvalue weighted by Gasteiger charge is -2.20. The fraction of sp³-hybridized carbons (Fsp3) is 1.00. The Morgan fingerprint density at radius 1 is 1.00 bits per heavy atom. The van der Waals surface area contributed by atoms with Crippen LogP contribution in [0.15, 0.2) is 0 Å². The number of ether oxygens (including phenoxy) is 1. The summed E-state index contributed by atoms with van der Waals surface area (Å²) in [5.41, 5.74) is 4.50. The highest BCUT2D eigenvalue weighted by Crippen LogP contribution is 2.18. The Labute approximate surface area is 141 Å². The van der Waals surface area contributed by atoms with E-state index in [1.807, 2.05) is 0 Å². The molecule has 1 saturated heterocycles. The van der Waals surface area contributed by atoms with Crippen molar-refractivity contribution < 1.29 is 45.6 Å². The van der Waals surface area contributed by atoms with Crippen LogP contribution in [0.1, 0.15) is 7.43 Å². The molecule has 24 heavy (non-hydrogen) atoms. The van der Waals surface area contributed by atoms with Crippen LogP contribution in [0.3, 0.4) is 0 Å². The molecular weight excluding hydrogens is 328 g/mol. The molecule has 11 nitrogen and oxygen atoms in total. The second kappa shape index (κ2) is 16.1. The SMILES string of the molecule is C.CN.CNC[C@@H](O)[C@H](O)[C@H](O)CO.OC[C@H]1O[C@@H](O)[C@@H](O)[C@@H]1O. The van der Waals surface area contributed by atoms with Gasteiger partial charge in [-0.1, -0.05) is 7.43 Å². The Morgan fingerprint density at radius 2 is 1.50 bits per heavy atom. The quantitative estimate of drug-likeness (QED) is 0.216. The zero-order valence-electron chi connectivity index (χ0n) is 13.2. The van der Waals surface area contributed by atoms with E-state index in [0.717, 1.165) is 0 Å². The molecule has 7 atom stereocenters. The van der Waals surface area contributed by atoms with E-state index in [1.54, 1.807) is 7.05 Å². The predicted octanol–water partition coefficient (Wildman–Crippen LogP) is -5.09. The van der Waals surface area contributed by atoms with Gasteiger partial charge in [-0.2, -0.15) is 0 Å². The Hall–Kier alpha value is -0.440. The lowest BCUT2D eigenvalue weighted by Crippen LogP contribution is -2.43. The second-order valence-electron chi connectivity index (χ2n) is 4.59. The van der Waals surface area contributed by atoms with Crippen LogP contribution in [-0.4, -0.2) is 118 Å². The van der Waals surface area contributed by atoms with Crippen LogP contribution in [0, 0.1) is 0 Å². The van der Waals surface area contributed by atoms with Crippen molar-refractivity contribution in [1.82, 2.24) is 5.32 Å². The van der Waals surface area contributed by atoms with Crippen molar-refractivity contribution >= 4 is 0 Å². The molecule has 11 heteroatoms. The number of nitrogens with one attached hydrogen (secondary N) is 1. The molecule has 0 aliphatic carbocycles. The average Bonchev–Trinajstić information content (AvgIpc) is 2.82. The molecule has 0 spiro atoms. The zero-order chi connectivity index (χ0) is 18.6. The summed E-state index contributed by atoms with van der Waals surface area (Å²) in [5, 5.41) is 72.8. The highest BCUT2D eigenvalue weighted by Gasteiger charge is 2.41. The van der Waals surface area contributed by atoms with Gasteiger partial charge in [-0.15, -0.1) is 0 Å². The molecule has 0 bridgehead atoms. The lowest BCUT2D eigenvalue weighted by atomic mass is 10.1. The van der Waals surface area contributed by atoms with Gasteiger partial charge in [-0.05, 0) is 14.1 Å². The monoisotopic (exact) mass is 362 g/mol. The lowest BCUT2D eigenvalue weighted by molar-refractivity contribution is -0.132. The van der Waals surface area contributed by atoms with Gasteiger partial charge in [0.15, 0.2) is 6.29 Å². The van der Waals surface area contributed by atoms with Gasteiger partial charge in [0.1, 0.15) is 30.5 Å². The molecule has 0 aromatic carbocycles. The Bertz CT molecular complexity index is 276. The fourth-order valence-electron chi connectivity index (χ4n) is 1.57. The van der Waals surface area contributed by atoms with E-state index in [9.17, 15) is 0 Å². The van der Waals surface area contributed by atoms with Crippen molar-refractivity contribution in [1.29, 1.82) is 0 Å². The second-order valence-corrected chi connectivity index (χ2v) is 4.59. The highest BCUT2D eigenvalue weighted by atomic mass is 16.6. The standard InChI is InChI=1S/C6H15NO4.C5H10O5.CH5N.CH4/c1-7-2-4(9)6(11)5(10)3-8;6-1-2-3(7)4(8)5(9)10-2;1-2;/h4-11H,2-3H2,1H3;2-9H,1H2;2H2,1H3;1H4/t4-,5-,6+;2-,3-,4+,5-;;/m11../s1. The van der Waals surface area contributed by atoms with Crippen LogP contribution in [-0.2, 0) is 4.74 Å². The molecule has 1 aliphatic rings. The predicted molar refractivity (Wildman–Crippen MR) is 85.9 cm³/mol. The fourth-order valence-corrected chi connectivity index (χ4v) is 1.57. The minimum atomic E-state index is -1.38. The maximum Gasteiger partial charge on any atom is 0.184 e. The van der Waals surface area contributed by atoms with Gasteiger partial charge in [0, 0.05) is 6.54 Å². The van der Waals surface area contributed by atoms with Gasteiger partial charge in [0.2, 0.25) is 0 Å². The van der Waals surface area contributed by atoms with Crippen LogP contribution in [0.25, 0.3) is 0 Å². The first-order chi connectivity index (χ1) is 10.8. The first kappa shape index (κ1) is 28.4. The molecule has 1 fully saturated rings. The van der Waals surface area contributed by atoms with Crippen LogP contribution >= 0.6 is 0 Å². The number of likely N-dealkylation sites (N-methyl/N-ethyl adjacent to an activating group) is 1. The molecule has 11 N–H and O–H groups in total. The molecule has 0 amide bonds. The van der Waals surface area contributed by atoms with Crippen molar-refractivity contribution in [3.05, 3.63) is 0 Å². The van der Waals surface area contributed by atoms with E-state index in [1.165, 1.54) is 7.05 Å². The summed E-state index contributed by atoms with van der Waals surface area (Å²) < 4.78 is 4.54. The summed E-state index contributed by atoms with van der Waals surface area (Å²) in [7, 11) is 3.11. The molecule has 1 heterocycles. The van der Waals surface area contributed by atoms with Crippen molar-refractivity contribution in [2.75, 3.05) is 33.9 Å². The molecule has 0 aromatic heterocycles. The van der Waals surface area contributed by atoms with E-state index in [0.29, 0.717) is 0 Å². The molecule has 0 saturated carbocycles. The first-order valence-corrected chi connectivity index (χ1v) is 6.98. The Morgan fingerprint density at radius 3 is 1.75 bits per heavy atom. The smallest absolute Gasteiger partial charge is 0.184 e. The maximum atomic E-state index is 9.04. The minimum Gasteiger partial charge on any atom is -0.394 e. The number of nitrogens with two attached hydrogens (primary N) is 1. The van der Waals surface area contributed by atoms with E-state index in [2.05, 4.69) is 15.8 Å². The van der Waals surface area contributed by atoms with Crippen molar-refractivity contribution in [2.24, 2.45) is 5.73 Å². The summed E-state index contributed by atoms with van der Waals surface area (Å²) in [6, 6.07) is 0. The molecule has 0 radical (unpaired) electrons. The van der Waals surface area contributed by atoms with Gasteiger partial charge >= 0.3 is 0 Å². The molecule has 0 unspecified atom stereocenters. The first-order valence-electron chi connectivity index (χ1n) is 6.98. The molecule has 1 rings (SSSR count). The molecule has 0 aromatic rings. The van der Waals surface area contributed by atoms with Gasteiger partial charge in [-0.3, -0.25) is 0 Å². The summed E-state index contributed by atoms with van der Waals surface area (Å²) in [6.07, 6.45) is -8.39. The number of rotatable bonds is 6. The minimum absolute atomic E-state index is 0. The zero-order valence-corrected chi connectivity index (χ0v) is 13.2. The normalized spacial score (nSPS) is 29.1. The van der Waals surface area contributed by atoms with Gasteiger partial charge in [0.25, 0.3) is 0 Å². The van der Waals surface area contributed by atoms with Crippen LogP contribution in [0.4, 0.5) is 0 Å². The van der Waals surface area contributed by atoms with E-state index in [4.69, 9.17) is 40.9 Å². The number of aliphatic hydroxyl groups excluding tert-OH is 8. The number of hydrogen-bond acceptors (Lipinski definition) is 11. The summed E-state index contributed by atoms with van der Waals surface area (Å²) >= 11 is 0. The van der Waals surface area contributed by atoms with E-state index in [-0.39, 0.29) is 14.0 Å². The van der Waals surface area contributed by atoms with Crippen LogP contribution in [0.2, 0.25) is 0 Å². The molecule has 150 valence electrons. The molecule has 1 aliphatic heterocycles. The summed E-state index contributed by atoms with van der Waals surface area (Å²) in [5.74, 6) is 0.